The average molecular weight is 486 g/mol. The predicted octanol–water partition coefficient (Wildman–Crippen LogP) is 6.81. The Hall–Kier alpha value is -1.21. The molecule has 34 heavy (non-hydrogen) atoms. The van der Waals surface area contributed by atoms with Gasteiger partial charge in [0.25, 0.3) is 0 Å². The van der Waals surface area contributed by atoms with Gasteiger partial charge in [0.2, 0.25) is 12.3 Å². The molecule has 0 spiro atoms. The van der Waals surface area contributed by atoms with E-state index >= 15 is 0 Å². The van der Waals surface area contributed by atoms with Crippen molar-refractivity contribution in [3.8, 4) is 0 Å². The second kappa shape index (κ2) is 16.5. The van der Waals surface area contributed by atoms with Crippen LogP contribution in [0, 0.1) is 21.4 Å². The highest BCUT2D eigenvalue weighted by Gasteiger charge is 2.50. The van der Waals surface area contributed by atoms with Gasteiger partial charge in [0, 0.05) is 16.8 Å². The third kappa shape index (κ3) is 11.0. The van der Waals surface area contributed by atoms with Crippen molar-refractivity contribution in [2.45, 2.75) is 155 Å². The molecule has 0 aromatic heterocycles. The lowest BCUT2D eigenvalue weighted by Crippen LogP contribution is -2.56. The second-order valence-corrected chi connectivity index (χ2v) is 11.2. The van der Waals surface area contributed by atoms with Crippen LogP contribution in [0.15, 0.2) is 0 Å². The van der Waals surface area contributed by atoms with E-state index in [1.165, 1.54) is 32.1 Å². The summed E-state index contributed by atoms with van der Waals surface area (Å²) in [7, 11) is 0. The molecule has 1 rings (SSSR count). The maximum Gasteiger partial charge on any atom is 0.314 e. The summed E-state index contributed by atoms with van der Waals surface area (Å²) in [6.45, 7) is 10.0. The summed E-state index contributed by atoms with van der Waals surface area (Å²) in [5.41, 5.74) is -0.484. The van der Waals surface area contributed by atoms with E-state index in [9.17, 15) is 20.0 Å². The molecule has 7 heteroatoms. The number of unbranched alkanes of at least 4 members (excludes halogenated alkanes) is 11. The van der Waals surface area contributed by atoms with E-state index < -0.39 is 41.8 Å². The lowest BCUT2D eigenvalue weighted by atomic mass is 9.85. The number of nitro groups is 1. The molecule has 5 atom stereocenters. The number of cyclic esters (lactones) is 1. The molecule has 0 amide bonds. The van der Waals surface area contributed by atoms with Gasteiger partial charge in [0.05, 0.1) is 5.92 Å². The first kappa shape index (κ1) is 30.8. The number of hydrogen-bond donors (Lipinski definition) is 1. The first-order valence-corrected chi connectivity index (χ1v) is 13.8. The standard InChI is InChI=1S/C27H51NO6/c1-6-8-10-12-13-14-15-16-18-20-22(28(31)32)23(29)24-21(19-17-11-9-7-2)25(30)34-26(33-24)27(3,4)5/h21-24,26,29H,6-20H2,1-5H3. The average Bonchev–Trinajstić information content (AvgIpc) is 2.77. The minimum absolute atomic E-state index is 0.293. The molecule has 0 aromatic rings. The van der Waals surface area contributed by atoms with Gasteiger partial charge in [0.15, 0.2) is 0 Å². The summed E-state index contributed by atoms with van der Waals surface area (Å²) < 4.78 is 11.6. The van der Waals surface area contributed by atoms with Crippen LogP contribution in [-0.4, -0.2) is 40.5 Å². The van der Waals surface area contributed by atoms with Crippen LogP contribution in [0.4, 0.5) is 0 Å². The Morgan fingerprint density at radius 1 is 0.912 bits per heavy atom. The third-order valence-corrected chi connectivity index (χ3v) is 6.88. The zero-order valence-electron chi connectivity index (χ0n) is 22.4. The number of ether oxygens (including phenoxy) is 2. The SMILES string of the molecule is CCCCCCCCCCCC(C(O)C1OC(C(C)(C)C)OC(=O)C1CCCCCC)[N+](=O)[O-]. The molecular weight excluding hydrogens is 434 g/mol. The van der Waals surface area contributed by atoms with E-state index in [4.69, 9.17) is 9.47 Å². The summed E-state index contributed by atoms with van der Waals surface area (Å²) >= 11 is 0. The van der Waals surface area contributed by atoms with Crippen LogP contribution in [0.25, 0.3) is 0 Å². The number of carbonyl (C=O) groups is 1. The molecule has 1 aliphatic rings. The maximum absolute atomic E-state index is 12.9. The quantitative estimate of drug-likeness (QED) is 0.0990. The monoisotopic (exact) mass is 485 g/mol. The Balaban J connectivity index is 2.72. The molecule has 200 valence electrons. The van der Waals surface area contributed by atoms with Gasteiger partial charge < -0.3 is 14.6 Å². The molecule has 1 saturated heterocycles. The van der Waals surface area contributed by atoms with Gasteiger partial charge in [-0.2, -0.15) is 0 Å². The molecule has 0 saturated carbocycles. The topological polar surface area (TPSA) is 98.9 Å². The fraction of sp³-hybridized carbons (Fsp3) is 0.963. The Bertz CT molecular complexity index is 576. The Morgan fingerprint density at radius 2 is 1.41 bits per heavy atom. The molecule has 0 aliphatic carbocycles. The second-order valence-electron chi connectivity index (χ2n) is 11.2. The summed E-state index contributed by atoms with van der Waals surface area (Å²) in [5.74, 6) is -1.08. The lowest BCUT2D eigenvalue weighted by Gasteiger charge is -2.42. The Kier molecular flexibility index (Phi) is 14.9. The highest BCUT2D eigenvalue weighted by atomic mass is 16.7. The van der Waals surface area contributed by atoms with Crippen molar-refractivity contribution < 1.29 is 24.3 Å². The molecule has 0 radical (unpaired) electrons. The van der Waals surface area contributed by atoms with Crippen molar-refractivity contribution in [1.29, 1.82) is 0 Å². The van der Waals surface area contributed by atoms with Crippen LogP contribution >= 0.6 is 0 Å². The van der Waals surface area contributed by atoms with Gasteiger partial charge in [-0.3, -0.25) is 14.9 Å². The molecule has 0 bridgehead atoms. The fourth-order valence-electron chi connectivity index (χ4n) is 4.65. The van der Waals surface area contributed by atoms with Crippen molar-refractivity contribution in [3.05, 3.63) is 10.1 Å². The van der Waals surface area contributed by atoms with Gasteiger partial charge >= 0.3 is 5.97 Å². The van der Waals surface area contributed by atoms with E-state index in [2.05, 4.69) is 13.8 Å². The van der Waals surface area contributed by atoms with Crippen LogP contribution in [0.3, 0.4) is 0 Å². The fourth-order valence-corrected chi connectivity index (χ4v) is 4.65. The van der Waals surface area contributed by atoms with E-state index in [0.717, 1.165) is 44.9 Å². The molecule has 5 unspecified atom stereocenters. The molecule has 0 aromatic carbocycles. The van der Waals surface area contributed by atoms with Crippen molar-refractivity contribution in [2.24, 2.45) is 11.3 Å². The summed E-state index contributed by atoms with van der Waals surface area (Å²) in [4.78, 5) is 24.4. The lowest BCUT2D eigenvalue weighted by molar-refractivity contribution is -0.540. The highest BCUT2D eigenvalue weighted by molar-refractivity contribution is 5.74. The van der Waals surface area contributed by atoms with E-state index in [1.807, 2.05) is 20.8 Å². The van der Waals surface area contributed by atoms with Crippen LogP contribution in [-0.2, 0) is 14.3 Å². The summed E-state index contributed by atoms with van der Waals surface area (Å²) in [6.07, 6.45) is 11.8. The number of esters is 1. The van der Waals surface area contributed by atoms with Crippen molar-refractivity contribution in [2.75, 3.05) is 0 Å². The van der Waals surface area contributed by atoms with Gasteiger partial charge in [-0.1, -0.05) is 112 Å². The van der Waals surface area contributed by atoms with E-state index in [0.29, 0.717) is 19.3 Å². The minimum atomic E-state index is -1.34. The maximum atomic E-state index is 12.9. The van der Waals surface area contributed by atoms with E-state index in [1.54, 1.807) is 0 Å². The molecule has 1 heterocycles. The van der Waals surface area contributed by atoms with E-state index in [-0.39, 0.29) is 4.92 Å². The smallest absolute Gasteiger partial charge is 0.314 e. The first-order chi connectivity index (χ1) is 16.1. The van der Waals surface area contributed by atoms with Crippen LogP contribution in [0.5, 0.6) is 0 Å². The summed E-state index contributed by atoms with van der Waals surface area (Å²) in [6, 6.07) is -1.14. The molecule has 1 aliphatic heterocycles. The van der Waals surface area contributed by atoms with Gasteiger partial charge in [0.1, 0.15) is 12.2 Å². The number of aliphatic hydroxyl groups is 1. The molecule has 7 nitrogen and oxygen atoms in total. The normalized spacial score (nSPS) is 22.9. The van der Waals surface area contributed by atoms with Gasteiger partial charge in [-0.15, -0.1) is 0 Å². The number of hydrogen-bond acceptors (Lipinski definition) is 6. The number of aliphatic hydroxyl groups excluding tert-OH is 1. The van der Waals surface area contributed by atoms with Gasteiger partial charge in [-0.25, -0.2) is 0 Å². The number of rotatable bonds is 18. The third-order valence-electron chi connectivity index (χ3n) is 6.88. The molecular formula is C27H51NO6. The van der Waals surface area contributed by atoms with Gasteiger partial charge in [-0.05, 0) is 12.8 Å². The molecule has 1 N–H and O–H groups in total. The Labute approximate surface area is 207 Å². The Morgan fingerprint density at radius 3 is 1.91 bits per heavy atom. The van der Waals surface area contributed by atoms with Crippen molar-refractivity contribution in [1.82, 2.24) is 0 Å². The zero-order chi connectivity index (χ0) is 25.6. The van der Waals surface area contributed by atoms with Crippen molar-refractivity contribution in [3.63, 3.8) is 0 Å². The summed E-state index contributed by atoms with van der Waals surface area (Å²) in [5, 5.41) is 23.0. The number of nitrogens with zero attached hydrogens (tertiary/aromatic N) is 1. The highest BCUT2D eigenvalue weighted by Crippen LogP contribution is 2.36. The molecule has 1 fully saturated rings. The first-order valence-electron chi connectivity index (χ1n) is 13.8. The van der Waals surface area contributed by atoms with Crippen LogP contribution in [0.2, 0.25) is 0 Å². The number of carbonyl (C=O) groups excluding carboxylic acids is 1. The van der Waals surface area contributed by atoms with Crippen molar-refractivity contribution >= 4 is 5.97 Å². The largest absolute Gasteiger partial charge is 0.435 e. The van der Waals surface area contributed by atoms with Crippen LogP contribution in [0.1, 0.15) is 131 Å². The predicted molar refractivity (Wildman–Crippen MR) is 135 cm³/mol. The zero-order valence-corrected chi connectivity index (χ0v) is 22.4. The van der Waals surface area contributed by atoms with Crippen LogP contribution < -0.4 is 0 Å². The minimum Gasteiger partial charge on any atom is -0.435 e.